The Morgan fingerprint density at radius 2 is 1.82 bits per heavy atom. The van der Waals surface area contributed by atoms with E-state index in [4.69, 9.17) is 9.47 Å². The van der Waals surface area contributed by atoms with E-state index in [1.807, 2.05) is 12.1 Å². The Morgan fingerprint density at radius 3 is 2.65 bits per heavy atom. The van der Waals surface area contributed by atoms with Crippen molar-refractivity contribution in [1.82, 2.24) is 0 Å². The topological polar surface area (TPSA) is 30.5 Å². The normalized spacial score (nSPS) is 26.9. The molecule has 17 heavy (non-hydrogen) atoms. The zero-order chi connectivity index (χ0) is 11.7. The van der Waals surface area contributed by atoms with Crippen LogP contribution in [0.2, 0.25) is 0 Å². The molecule has 92 valence electrons. The zero-order valence-corrected chi connectivity index (χ0v) is 10.2. The maximum Gasteiger partial charge on any atom is 0.231 e. The highest BCUT2D eigenvalue weighted by molar-refractivity contribution is 5.56. The molecular weight excluding hydrogens is 214 g/mol. The monoisotopic (exact) mass is 233 g/mol. The minimum Gasteiger partial charge on any atom is -0.454 e. The first-order chi connectivity index (χ1) is 8.31. The fourth-order valence-corrected chi connectivity index (χ4v) is 2.63. The van der Waals surface area contributed by atoms with E-state index in [0.717, 1.165) is 23.1 Å². The van der Waals surface area contributed by atoms with E-state index in [0.29, 0.717) is 12.8 Å². The van der Waals surface area contributed by atoms with Crippen LogP contribution < -0.4 is 14.8 Å². The van der Waals surface area contributed by atoms with E-state index in [1.54, 1.807) is 0 Å². The van der Waals surface area contributed by atoms with Gasteiger partial charge in [-0.1, -0.05) is 6.92 Å². The predicted molar refractivity (Wildman–Crippen MR) is 67.6 cm³/mol. The van der Waals surface area contributed by atoms with E-state index in [2.05, 4.69) is 18.3 Å². The van der Waals surface area contributed by atoms with Gasteiger partial charge < -0.3 is 14.8 Å². The fourth-order valence-electron chi connectivity index (χ4n) is 2.63. The molecule has 0 atom stereocenters. The summed E-state index contributed by atoms with van der Waals surface area (Å²) in [6.45, 7) is 2.69. The van der Waals surface area contributed by atoms with Gasteiger partial charge >= 0.3 is 0 Å². The van der Waals surface area contributed by atoms with Crippen molar-refractivity contribution in [1.29, 1.82) is 0 Å². The van der Waals surface area contributed by atoms with Crippen molar-refractivity contribution in [3.8, 4) is 11.5 Å². The van der Waals surface area contributed by atoms with E-state index in [9.17, 15) is 0 Å². The quantitative estimate of drug-likeness (QED) is 0.849. The molecule has 3 heteroatoms. The van der Waals surface area contributed by atoms with Gasteiger partial charge in [0.25, 0.3) is 0 Å². The lowest BCUT2D eigenvalue weighted by molar-refractivity contribution is 0.174. The zero-order valence-electron chi connectivity index (χ0n) is 10.2. The molecule has 0 bridgehead atoms. The van der Waals surface area contributed by atoms with Crippen LogP contribution in [0, 0.1) is 5.92 Å². The lowest BCUT2D eigenvalue weighted by Gasteiger charge is -2.27. The van der Waals surface area contributed by atoms with Crippen LogP contribution in [0.25, 0.3) is 0 Å². The number of rotatable bonds is 2. The Bertz CT molecular complexity index is 397. The molecule has 1 N–H and O–H groups in total. The second-order valence-corrected chi connectivity index (χ2v) is 5.17. The van der Waals surface area contributed by atoms with Gasteiger partial charge in [0.05, 0.1) is 0 Å². The van der Waals surface area contributed by atoms with Gasteiger partial charge in [-0.25, -0.2) is 0 Å². The number of hydrogen-bond acceptors (Lipinski definition) is 3. The van der Waals surface area contributed by atoms with Crippen LogP contribution in [0.3, 0.4) is 0 Å². The molecule has 1 aliphatic heterocycles. The summed E-state index contributed by atoms with van der Waals surface area (Å²) in [5, 5.41) is 3.60. The number of anilines is 1. The molecule has 0 spiro atoms. The highest BCUT2D eigenvalue weighted by Crippen LogP contribution is 2.35. The molecule has 0 saturated heterocycles. The summed E-state index contributed by atoms with van der Waals surface area (Å²) in [6, 6.07) is 6.72. The van der Waals surface area contributed by atoms with Crippen molar-refractivity contribution in [3.63, 3.8) is 0 Å². The smallest absolute Gasteiger partial charge is 0.231 e. The average Bonchev–Trinajstić information content (AvgIpc) is 2.79. The number of ether oxygens (including phenoxy) is 2. The number of fused-ring (bicyclic) bond motifs is 1. The largest absolute Gasteiger partial charge is 0.454 e. The van der Waals surface area contributed by atoms with Gasteiger partial charge in [0.15, 0.2) is 11.5 Å². The summed E-state index contributed by atoms with van der Waals surface area (Å²) in [4.78, 5) is 0. The van der Waals surface area contributed by atoms with Crippen LogP contribution in [0.1, 0.15) is 32.6 Å². The minimum absolute atomic E-state index is 0.347. The average molecular weight is 233 g/mol. The Labute approximate surface area is 102 Å². The van der Waals surface area contributed by atoms with Gasteiger partial charge in [-0.15, -0.1) is 0 Å². The lowest BCUT2D eigenvalue weighted by Crippen LogP contribution is -2.25. The molecule has 3 rings (SSSR count). The highest BCUT2D eigenvalue weighted by atomic mass is 16.7. The van der Waals surface area contributed by atoms with Crippen molar-refractivity contribution in [2.24, 2.45) is 5.92 Å². The van der Waals surface area contributed by atoms with Crippen molar-refractivity contribution in [2.75, 3.05) is 12.1 Å². The van der Waals surface area contributed by atoms with Crippen molar-refractivity contribution in [3.05, 3.63) is 18.2 Å². The van der Waals surface area contributed by atoms with E-state index in [-0.39, 0.29) is 0 Å². The molecule has 0 unspecified atom stereocenters. The summed E-state index contributed by atoms with van der Waals surface area (Å²) in [6.07, 6.45) is 5.22. The van der Waals surface area contributed by atoms with Crippen LogP contribution in [0.15, 0.2) is 18.2 Å². The van der Waals surface area contributed by atoms with Gasteiger partial charge in [-0.2, -0.15) is 0 Å². The standard InChI is InChI=1S/C14H19NO2/c1-10-2-4-11(5-3-10)15-12-6-7-13-14(8-12)17-9-16-13/h6-8,10-11,15H,2-5,9H2,1H3. The number of benzene rings is 1. The minimum atomic E-state index is 0.347. The lowest BCUT2D eigenvalue weighted by atomic mass is 9.87. The summed E-state index contributed by atoms with van der Waals surface area (Å²) in [5.74, 6) is 2.61. The first kappa shape index (κ1) is 10.8. The second kappa shape index (κ2) is 4.47. The number of hydrogen-bond donors (Lipinski definition) is 1. The number of nitrogens with one attached hydrogen (secondary N) is 1. The summed E-state index contributed by atoms with van der Waals surface area (Å²) in [7, 11) is 0. The Kier molecular flexibility index (Phi) is 2.83. The van der Waals surface area contributed by atoms with Gasteiger partial charge in [-0.05, 0) is 43.7 Å². The highest BCUT2D eigenvalue weighted by Gasteiger charge is 2.19. The molecular formula is C14H19NO2. The van der Waals surface area contributed by atoms with E-state index >= 15 is 0 Å². The predicted octanol–water partition coefficient (Wildman–Crippen LogP) is 3.41. The third kappa shape index (κ3) is 2.33. The SMILES string of the molecule is CC1CCC(Nc2ccc3c(c2)OCO3)CC1. The maximum absolute atomic E-state index is 5.38. The first-order valence-corrected chi connectivity index (χ1v) is 6.47. The second-order valence-electron chi connectivity index (χ2n) is 5.17. The summed E-state index contributed by atoms with van der Waals surface area (Å²) < 4.78 is 10.7. The van der Waals surface area contributed by atoms with Crippen molar-refractivity contribution < 1.29 is 9.47 Å². The Hall–Kier alpha value is -1.38. The van der Waals surface area contributed by atoms with Crippen LogP contribution >= 0.6 is 0 Å². The van der Waals surface area contributed by atoms with Crippen LogP contribution in [0.5, 0.6) is 11.5 Å². The molecule has 1 aromatic rings. The van der Waals surface area contributed by atoms with Gasteiger partial charge in [-0.3, -0.25) is 0 Å². The van der Waals surface area contributed by atoms with Crippen LogP contribution in [-0.4, -0.2) is 12.8 Å². The van der Waals surface area contributed by atoms with Crippen LogP contribution in [0.4, 0.5) is 5.69 Å². The molecule has 0 radical (unpaired) electrons. The van der Waals surface area contributed by atoms with Crippen molar-refractivity contribution >= 4 is 5.69 Å². The Morgan fingerprint density at radius 1 is 1.06 bits per heavy atom. The van der Waals surface area contributed by atoms with E-state index in [1.165, 1.54) is 25.7 Å². The molecule has 2 aliphatic rings. The summed E-state index contributed by atoms with van der Waals surface area (Å²) >= 11 is 0. The fraction of sp³-hybridized carbons (Fsp3) is 0.571. The summed E-state index contributed by atoms with van der Waals surface area (Å²) in [5.41, 5.74) is 1.15. The molecule has 0 amide bonds. The van der Waals surface area contributed by atoms with Gasteiger partial charge in [0, 0.05) is 17.8 Å². The molecule has 1 aliphatic carbocycles. The van der Waals surface area contributed by atoms with Crippen LogP contribution in [-0.2, 0) is 0 Å². The third-order valence-corrected chi connectivity index (χ3v) is 3.76. The van der Waals surface area contributed by atoms with Gasteiger partial charge in [0.2, 0.25) is 6.79 Å². The molecule has 3 nitrogen and oxygen atoms in total. The third-order valence-electron chi connectivity index (χ3n) is 3.76. The molecule has 1 saturated carbocycles. The molecule has 1 fully saturated rings. The molecule has 1 aromatic carbocycles. The molecule has 1 heterocycles. The Balaban J connectivity index is 1.65. The molecule has 0 aromatic heterocycles. The van der Waals surface area contributed by atoms with Crippen molar-refractivity contribution in [2.45, 2.75) is 38.6 Å². The van der Waals surface area contributed by atoms with Gasteiger partial charge in [0.1, 0.15) is 0 Å². The van der Waals surface area contributed by atoms with E-state index < -0.39 is 0 Å². The maximum atomic E-state index is 5.38. The first-order valence-electron chi connectivity index (χ1n) is 6.47.